The number of piperidine rings is 1. The predicted molar refractivity (Wildman–Crippen MR) is 123 cm³/mol. The van der Waals surface area contributed by atoms with Gasteiger partial charge in [0, 0.05) is 37.8 Å². The molecular weight excluding hydrogens is 370 g/mol. The van der Waals surface area contributed by atoms with Crippen molar-refractivity contribution in [1.29, 1.82) is 0 Å². The van der Waals surface area contributed by atoms with Crippen LogP contribution in [0.15, 0.2) is 30.3 Å². The molecule has 5 heteroatoms. The minimum Gasteiger partial charge on any atom is -0.356 e. The van der Waals surface area contributed by atoms with Gasteiger partial charge in [-0.2, -0.15) is 4.98 Å². The van der Waals surface area contributed by atoms with Crippen LogP contribution in [0.2, 0.25) is 0 Å². The number of likely N-dealkylation sites (tertiary alicyclic amines) is 1. The number of rotatable bonds is 5. The van der Waals surface area contributed by atoms with Gasteiger partial charge in [0.25, 0.3) is 0 Å². The van der Waals surface area contributed by atoms with E-state index in [1.807, 2.05) is 0 Å². The molecule has 3 heterocycles. The largest absolute Gasteiger partial charge is 0.356 e. The zero-order valence-corrected chi connectivity index (χ0v) is 18.2. The third-order valence-electron chi connectivity index (χ3n) is 6.90. The van der Waals surface area contributed by atoms with Gasteiger partial charge in [0.05, 0.1) is 5.69 Å². The summed E-state index contributed by atoms with van der Waals surface area (Å²) in [6.45, 7) is 5.57. The van der Waals surface area contributed by atoms with Gasteiger partial charge < -0.3 is 10.2 Å². The summed E-state index contributed by atoms with van der Waals surface area (Å²) in [5.74, 6) is 2.10. The average molecular weight is 406 g/mol. The Labute approximate surface area is 180 Å². The maximum Gasteiger partial charge on any atom is 0.225 e. The molecule has 2 fully saturated rings. The first-order chi connectivity index (χ1) is 14.8. The van der Waals surface area contributed by atoms with Crippen LogP contribution in [-0.4, -0.2) is 47.1 Å². The molecule has 1 aliphatic carbocycles. The van der Waals surface area contributed by atoms with E-state index in [9.17, 15) is 0 Å². The van der Waals surface area contributed by atoms with Crippen LogP contribution < -0.4 is 10.2 Å². The summed E-state index contributed by atoms with van der Waals surface area (Å²) in [5, 5.41) is 3.73. The Morgan fingerprint density at radius 3 is 2.53 bits per heavy atom. The van der Waals surface area contributed by atoms with E-state index in [2.05, 4.69) is 45.4 Å². The highest BCUT2D eigenvalue weighted by Gasteiger charge is 2.26. The molecule has 5 rings (SSSR count). The first-order valence-corrected chi connectivity index (χ1v) is 12.0. The molecule has 2 aliphatic heterocycles. The molecule has 5 nitrogen and oxygen atoms in total. The van der Waals surface area contributed by atoms with E-state index in [0.717, 1.165) is 45.0 Å². The number of aryl methyl sites for hydroxylation is 1. The van der Waals surface area contributed by atoms with Crippen LogP contribution in [0, 0.1) is 0 Å². The maximum absolute atomic E-state index is 5.10. The van der Waals surface area contributed by atoms with Crippen LogP contribution in [0.5, 0.6) is 0 Å². The molecule has 1 aromatic carbocycles. The number of nitrogens with zero attached hydrogens (tertiary/aromatic N) is 4. The monoisotopic (exact) mass is 405 g/mol. The Kier molecular flexibility index (Phi) is 6.16. The standard InChI is InChI=1S/C25H35N5/c1-2-7-17-30(16-6-1)24-22-13-8-14-23(22)27-25(28-24)26-21-12-9-15-29(19-21)18-20-10-4-3-5-11-20/h3-5,10-11,21H,1-2,6-9,12-19H2,(H,26,27,28). The van der Waals surface area contributed by atoms with E-state index in [1.165, 1.54) is 74.1 Å². The van der Waals surface area contributed by atoms with Gasteiger partial charge in [-0.3, -0.25) is 4.90 Å². The van der Waals surface area contributed by atoms with Gasteiger partial charge >= 0.3 is 0 Å². The number of aromatic nitrogens is 2. The number of fused-ring (bicyclic) bond motifs is 1. The average Bonchev–Trinajstić information content (AvgIpc) is 3.07. The first-order valence-electron chi connectivity index (χ1n) is 12.0. The van der Waals surface area contributed by atoms with E-state index in [1.54, 1.807) is 0 Å². The van der Waals surface area contributed by atoms with Crippen molar-refractivity contribution in [2.75, 3.05) is 36.4 Å². The zero-order chi connectivity index (χ0) is 20.2. The molecule has 1 aromatic heterocycles. The van der Waals surface area contributed by atoms with Gasteiger partial charge in [0.15, 0.2) is 0 Å². The highest BCUT2D eigenvalue weighted by Crippen LogP contribution is 2.31. The van der Waals surface area contributed by atoms with Crippen molar-refractivity contribution < 1.29 is 0 Å². The lowest BCUT2D eigenvalue weighted by atomic mass is 10.0. The molecule has 1 atom stereocenters. The fourth-order valence-electron chi connectivity index (χ4n) is 5.36. The lowest BCUT2D eigenvalue weighted by molar-refractivity contribution is 0.208. The number of nitrogens with one attached hydrogen (secondary N) is 1. The van der Waals surface area contributed by atoms with Crippen molar-refractivity contribution in [1.82, 2.24) is 14.9 Å². The second kappa shape index (κ2) is 9.34. The third kappa shape index (κ3) is 4.61. The Bertz CT molecular complexity index is 829. The van der Waals surface area contributed by atoms with Crippen LogP contribution >= 0.6 is 0 Å². The predicted octanol–water partition coefficient (Wildman–Crippen LogP) is 4.42. The molecule has 3 aliphatic rings. The Morgan fingerprint density at radius 1 is 0.867 bits per heavy atom. The van der Waals surface area contributed by atoms with Crippen molar-refractivity contribution in [2.24, 2.45) is 0 Å². The number of benzene rings is 1. The molecule has 0 saturated carbocycles. The van der Waals surface area contributed by atoms with Crippen LogP contribution in [0.3, 0.4) is 0 Å². The Morgan fingerprint density at radius 2 is 1.70 bits per heavy atom. The van der Waals surface area contributed by atoms with Crippen molar-refractivity contribution in [2.45, 2.75) is 70.4 Å². The van der Waals surface area contributed by atoms with Crippen LogP contribution in [0.25, 0.3) is 0 Å². The number of anilines is 2. The lowest BCUT2D eigenvalue weighted by Crippen LogP contribution is -2.42. The lowest BCUT2D eigenvalue weighted by Gasteiger charge is -2.33. The Hall–Kier alpha value is -2.14. The van der Waals surface area contributed by atoms with Gasteiger partial charge in [-0.05, 0) is 57.1 Å². The normalized spacial score (nSPS) is 22.5. The van der Waals surface area contributed by atoms with E-state index in [0.29, 0.717) is 6.04 Å². The fraction of sp³-hybridized carbons (Fsp3) is 0.600. The summed E-state index contributed by atoms with van der Waals surface area (Å²) in [6.07, 6.45) is 11.2. The second-order valence-corrected chi connectivity index (χ2v) is 9.26. The van der Waals surface area contributed by atoms with Gasteiger partial charge in [0.1, 0.15) is 5.82 Å². The van der Waals surface area contributed by atoms with Crippen molar-refractivity contribution in [3.05, 3.63) is 47.2 Å². The van der Waals surface area contributed by atoms with E-state index < -0.39 is 0 Å². The van der Waals surface area contributed by atoms with E-state index in [-0.39, 0.29) is 0 Å². The third-order valence-corrected chi connectivity index (χ3v) is 6.90. The minimum atomic E-state index is 0.430. The topological polar surface area (TPSA) is 44.3 Å². The van der Waals surface area contributed by atoms with Gasteiger partial charge in [0.2, 0.25) is 5.95 Å². The van der Waals surface area contributed by atoms with E-state index >= 15 is 0 Å². The van der Waals surface area contributed by atoms with Crippen molar-refractivity contribution in [3.8, 4) is 0 Å². The molecule has 0 bridgehead atoms. The fourth-order valence-corrected chi connectivity index (χ4v) is 5.36. The van der Waals surface area contributed by atoms with Crippen LogP contribution in [-0.2, 0) is 19.4 Å². The molecule has 160 valence electrons. The van der Waals surface area contributed by atoms with Gasteiger partial charge in [-0.25, -0.2) is 4.98 Å². The van der Waals surface area contributed by atoms with Crippen molar-refractivity contribution in [3.63, 3.8) is 0 Å². The number of hydrogen-bond donors (Lipinski definition) is 1. The molecule has 0 radical (unpaired) electrons. The SMILES string of the molecule is c1ccc(CN2CCCC(Nc3nc4c(c(N5CCCCCC5)n3)CCC4)C2)cc1. The summed E-state index contributed by atoms with van der Waals surface area (Å²) in [6, 6.07) is 11.3. The Balaban J connectivity index is 1.30. The highest BCUT2D eigenvalue weighted by molar-refractivity contribution is 5.54. The molecular formula is C25H35N5. The molecule has 2 saturated heterocycles. The molecule has 1 N–H and O–H groups in total. The quantitative estimate of drug-likeness (QED) is 0.798. The summed E-state index contributed by atoms with van der Waals surface area (Å²) in [4.78, 5) is 15.2. The summed E-state index contributed by atoms with van der Waals surface area (Å²) in [7, 11) is 0. The van der Waals surface area contributed by atoms with Crippen molar-refractivity contribution >= 4 is 11.8 Å². The smallest absolute Gasteiger partial charge is 0.225 e. The van der Waals surface area contributed by atoms with Gasteiger partial charge in [-0.1, -0.05) is 43.2 Å². The summed E-state index contributed by atoms with van der Waals surface area (Å²) < 4.78 is 0. The maximum atomic E-state index is 5.10. The summed E-state index contributed by atoms with van der Waals surface area (Å²) >= 11 is 0. The van der Waals surface area contributed by atoms with Crippen LogP contribution in [0.4, 0.5) is 11.8 Å². The van der Waals surface area contributed by atoms with Crippen LogP contribution in [0.1, 0.15) is 61.8 Å². The first kappa shape index (κ1) is 19.8. The molecule has 0 spiro atoms. The number of hydrogen-bond acceptors (Lipinski definition) is 5. The zero-order valence-electron chi connectivity index (χ0n) is 18.2. The molecule has 2 aromatic rings. The molecule has 0 amide bonds. The highest BCUT2D eigenvalue weighted by atomic mass is 15.3. The van der Waals surface area contributed by atoms with Gasteiger partial charge in [-0.15, -0.1) is 0 Å². The summed E-state index contributed by atoms with van der Waals surface area (Å²) in [5.41, 5.74) is 4.12. The molecule has 1 unspecified atom stereocenters. The van der Waals surface area contributed by atoms with E-state index in [4.69, 9.17) is 9.97 Å². The minimum absolute atomic E-state index is 0.430. The second-order valence-electron chi connectivity index (χ2n) is 9.26. The molecule has 30 heavy (non-hydrogen) atoms.